The number of benzene rings is 1. The number of nitrogens with one attached hydrogen (secondary N) is 1. The third-order valence-electron chi connectivity index (χ3n) is 3.53. The molecule has 1 fully saturated rings. The van der Waals surface area contributed by atoms with Crippen molar-refractivity contribution in [1.82, 2.24) is 0 Å². The molecule has 1 aliphatic rings. The molecule has 0 bridgehead atoms. The molecule has 1 atom stereocenters. The molecule has 4 heteroatoms. The molecule has 4 nitrogen and oxygen atoms in total. The Morgan fingerprint density at radius 2 is 2.16 bits per heavy atom. The summed E-state index contributed by atoms with van der Waals surface area (Å²) in [7, 11) is 3.12. The van der Waals surface area contributed by atoms with Crippen LogP contribution >= 0.6 is 0 Å². The lowest BCUT2D eigenvalue weighted by Crippen LogP contribution is -2.27. The number of carbonyl (C=O) groups excluding carboxylic acids is 1. The van der Waals surface area contributed by atoms with Crippen LogP contribution in [0.3, 0.4) is 0 Å². The fourth-order valence-corrected chi connectivity index (χ4v) is 2.24. The highest BCUT2D eigenvalue weighted by molar-refractivity contribution is 5.90. The van der Waals surface area contributed by atoms with Crippen LogP contribution in [0, 0.1) is 12.8 Å². The highest BCUT2D eigenvalue weighted by Gasteiger charge is 2.31. The van der Waals surface area contributed by atoms with Crippen molar-refractivity contribution in [3.05, 3.63) is 29.3 Å². The van der Waals surface area contributed by atoms with E-state index in [0.717, 1.165) is 11.3 Å². The first kappa shape index (κ1) is 13.9. The van der Waals surface area contributed by atoms with E-state index in [1.165, 1.54) is 20.0 Å². The van der Waals surface area contributed by atoms with Crippen LogP contribution in [0.1, 0.15) is 28.8 Å². The molecule has 0 spiro atoms. The molecule has 0 radical (unpaired) electrons. The minimum atomic E-state index is -0.301. The van der Waals surface area contributed by atoms with Gasteiger partial charge in [0.1, 0.15) is 0 Å². The fraction of sp³-hybridized carbons (Fsp3) is 0.533. The lowest BCUT2D eigenvalue weighted by atomic mass is 10.1. The Balaban J connectivity index is 2.09. The Hall–Kier alpha value is -1.55. The average Bonchev–Trinajstić information content (AvgIpc) is 3.23. The summed E-state index contributed by atoms with van der Waals surface area (Å²) in [6.45, 7) is 2.70. The molecule has 0 saturated heterocycles. The second-order valence-electron chi connectivity index (χ2n) is 5.06. The average molecular weight is 263 g/mol. The van der Waals surface area contributed by atoms with Crippen molar-refractivity contribution in [2.24, 2.45) is 5.92 Å². The first-order valence-electron chi connectivity index (χ1n) is 6.60. The van der Waals surface area contributed by atoms with Gasteiger partial charge in [0.05, 0.1) is 25.3 Å². The van der Waals surface area contributed by atoms with Gasteiger partial charge < -0.3 is 14.8 Å². The molecule has 19 heavy (non-hydrogen) atoms. The van der Waals surface area contributed by atoms with E-state index >= 15 is 0 Å². The van der Waals surface area contributed by atoms with Crippen molar-refractivity contribution < 1.29 is 14.3 Å². The summed E-state index contributed by atoms with van der Waals surface area (Å²) in [6.07, 6.45) is 2.53. The minimum absolute atomic E-state index is 0.301. The van der Waals surface area contributed by atoms with E-state index in [1.807, 2.05) is 19.1 Å². The maximum absolute atomic E-state index is 11.5. The monoisotopic (exact) mass is 263 g/mol. The molecule has 1 N–H and O–H groups in total. The summed E-state index contributed by atoms with van der Waals surface area (Å²) in [5.74, 6) is 0.407. The largest absolute Gasteiger partial charge is 0.465 e. The van der Waals surface area contributed by atoms with Crippen LogP contribution < -0.4 is 5.32 Å². The summed E-state index contributed by atoms with van der Waals surface area (Å²) in [5.41, 5.74) is 2.69. The molecule has 104 valence electrons. The molecule has 1 aromatic rings. The summed E-state index contributed by atoms with van der Waals surface area (Å²) in [6, 6.07) is 5.93. The van der Waals surface area contributed by atoms with E-state index in [9.17, 15) is 4.79 Å². The highest BCUT2D eigenvalue weighted by atomic mass is 16.5. The van der Waals surface area contributed by atoms with Crippen LogP contribution in [0.15, 0.2) is 18.2 Å². The maximum Gasteiger partial charge on any atom is 0.337 e. The van der Waals surface area contributed by atoms with Crippen molar-refractivity contribution in [2.45, 2.75) is 25.8 Å². The van der Waals surface area contributed by atoms with Crippen LogP contribution in [0.4, 0.5) is 5.69 Å². The smallest absolute Gasteiger partial charge is 0.337 e. The van der Waals surface area contributed by atoms with E-state index in [-0.39, 0.29) is 5.97 Å². The molecule has 0 aromatic heterocycles. The zero-order valence-corrected chi connectivity index (χ0v) is 11.7. The number of rotatable bonds is 6. The number of carbonyl (C=O) groups is 1. The van der Waals surface area contributed by atoms with Crippen LogP contribution in [-0.2, 0) is 9.47 Å². The Morgan fingerprint density at radius 1 is 1.42 bits per heavy atom. The normalized spacial score (nSPS) is 15.9. The zero-order chi connectivity index (χ0) is 13.8. The van der Waals surface area contributed by atoms with E-state index in [4.69, 9.17) is 9.47 Å². The first-order chi connectivity index (χ1) is 9.15. The molecular formula is C15H21NO3. The van der Waals surface area contributed by atoms with Gasteiger partial charge in [-0.3, -0.25) is 0 Å². The lowest BCUT2D eigenvalue weighted by Gasteiger charge is -2.20. The number of aryl methyl sites for hydroxylation is 1. The van der Waals surface area contributed by atoms with Gasteiger partial charge in [0.25, 0.3) is 0 Å². The Labute approximate surface area is 114 Å². The number of ether oxygens (including phenoxy) is 2. The molecule has 0 amide bonds. The van der Waals surface area contributed by atoms with Crippen LogP contribution in [0.2, 0.25) is 0 Å². The zero-order valence-electron chi connectivity index (χ0n) is 11.7. The predicted octanol–water partition coefficient (Wildman–Crippen LogP) is 2.62. The summed E-state index contributed by atoms with van der Waals surface area (Å²) < 4.78 is 9.98. The standard InChI is InChI=1S/C15H21NO3/c1-10-8-12(15(17)19-3)6-7-13(10)16-14(9-18-2)11-4-5-11/h6-8,11,14,16H,4-5,9H2,1-3H3. The summed E-state index contributed by atoms with van der Waals surface area (Å²) in [4.78, 5) is 11.5. The fourth-order valence-electron chi connectivity index (χ4n) is 2.24. The van der Waals surface area contributed by atoms with Gasteiger partial charge in [0, 0.05) is 12.8 Å². The summed E-state index contributed by atoms with van der Waals surface area (Å²) in [5, 5.41) is 3.52. The van der Waals surface area contributed by atoms with Crippen LogP contribution in [0.5, 0.6) is 0 Å². The minimum Gasteiger partial charge on any atom is -0.465 e. The van der Waals surface area contributed by atoms with Crippen molar-refractivity contribution in [3.63, 3.8) is 0 Å². The second-order valence-corrected chi connectivity index (χ2v) is 5.06. The number of hydrogen-bond donors (Lipinski definition) is 1. The van der Waals surface area contributed by atoms with Gasteiger partial charge in [-0.1, -0.05) is 0 Å². The van der Waals surface area contributed by atoms with E-state index in [1.54, 1.807) is 13.2 Å². The predicted molar refractivity (Wildman–Crippen MR) is 74.5 cm³/mol. The molecule has 1 unspecified atom stereocenters. The Kier molecular flexibility index (Phi) is 4.43. The van der Waals surface area contributed by atoms with Crippen molar-refractivity contribution in [2.75, 3.05) is 26.1 Å². The number of methoxy groups -OCH3 is 2. The number of esters is 1. The lowest BCUT2D eigenvalue weighted by molar-refractivity contribution is 0.0600. The van der Waals surface area contributed by atoms with E-state index in [2.05, 4.69) is 5.32 Å². The molecule has 1 saturated carbocycles. The van der Waals surface area contributed by atoms with Gasteiger partial charge in [-0.15, -0.1) is 0 Å². The topological polar surface area (TPSA) is 47.6 Å². The first-order valence-corrected chi connectivity index (χ1v) is 6.60. The maximum atomic E-state index is 11.5. The molecule has 0 aliphatic heterocycles. The summed E-state index contributed by atoms with van der Waals surface area (Å²) >= 11 is 0. The quantitative estimate of drug-likeness (QED) is 0.801. The SMILES string of the molecule is COCC(Nc1ccc(C(=O)OC)cc1C)C1CC1. The third kappa shape index (κ3) is 3.47. The van der Waals surface area contributed by atoms with Gasteiger partial charge >= 0.3 is 5.97 Å². The van der Waals surface area contributed by atoms with Gasteiger partial charge in [-0.2, -0.15) is 0 Å². The molecular weight excluding hydrogens is 242 g/mol. The van der Waals surface area contributed by atoms with Gasteiger partial charge in [-0.25, -0.2) is 4.79 Å². The van der Waals surface area contributed by atoms with Crippen LogP contribution in [0.25, 0.3) is 0 Å². The number of anilines is 1. The molecule has 1 aliphatic carbocycles. The second kappa shape index (κ2) is 6.06. The van der Waals surface area contributed by atoms with Crippen molar-refractivity contribution in [3.8, 4) is 0 Å². The van der Waals surface area contributed by atoms with Crippen LogP contribution in [-0.4, -0.2) is 32.8 Å². The third-order valence-corrected chi connectivity index (χ3v) is 3.53. The number of hydrogen-bond acceptors (Lipinski definition) is 4. The van der Waals surface area contributed by atoms with Gasteiger partial charge in [-0.05, 0) is 49.4 Å². The molecule has 0 heterocycles. The van der Waals surface area contributed by atoms with Gasteiger partial charge in [0.15, 0.2) is 0 Å². The highest BCUT2D eigenvalue weighted by Crippen LogP contribution is 2.34. The molecule has 2 rings (SSSR count). The Morgan fingerprint density at radius 3 is 2.68 bits per heavy atom. The Bertz CT molecular complexity index is 455. The molecule has 1 aromatic carbocycles. The van der Waals surface area contributed by atoms with E-state index in [0.29, 0.717) is 24.1 Å². The van der Waals surface area contributed by atoms with Crippen molar-refractivity contribution >= 4 is 11.7 Å². The van der Waals surface area contributed by atoms with E-state index < -0.39 is 0 Å². The van der Waals surface area contributed by atoms with Gasteiger partial charge in [0.2, 0.25) is 0 Å². The van der Waals surface area contributed by atoms with Crippen molar-refractivity contribution in [1.29, 1.82) is 0 Å².